The lowest BCUT2D eigenvalue weighted by Crippen LogP contribution is -2.13. The third-order valence-corrected chi connectivity index (χ3v) is 2.42. The molecule has 1 N–H and O–H groups in total. The van der Waals surface area contributed by atoms with Crippen LogP contribution < -0.4 is 5.32 Å². The van der Waals surface area contributed by atoms with Gasteiger partial charge >= 0.3 is 0 Å². The second-order valence-electron chi connectivity index (χ2n) is 2.29. The van der Waals surface area contributed by atoms with Crippen LogP contribution in [0, 0.1) is 0 Å². The van der Waals surface area contributed by atoms with E-state index in [2.05, 4.69) is 18.4 Å². The third kappa shape index (κ3) is 6.18. The Hall–Kier alpha value is 0.177. The standard InChI is InChI=1S/C5H15NSi/c1-6-4-5-7(2)3/h6-7H,4-5H2,1-3H3. The van der Waals surface area contributed by atoms with Gasteiger partial charge in [-0.1, -0.05) is 13.1 Å². The molecule has 0 heterocycles. The Kier molecular flexibility index (Phi) is 4.45. The van der Waals surface area contributed by atoms with E-state index >= 15 is 0 Å². The number of hydrogen-bond donors (Lipinski definition) is 1. The van der Waals surface area contributed by atoms with Gasteiger partial charge in [-0.3, -0.25) is 0 Å². The van der Waals surface area contributed by atoms with Crippen LogP contribution in [0.15, 0.2) is 0 Å². The minimum atomic E-state index is -0.251. The van der Waals surface area contributed by atoms with Crippen LogP contribution in [0.3, 0.4) is 0 Å². The Morgan fingerprint density at radius 2 is 2.00 bits per heavy atom. The Labute approximate surface area is 47.7 Å². The van der Waals surface area contributed by atoms with Crippen molar-refractivity contribution in [2.45, 2.75) is 19.1 Å². The van der Waals surface area contributed by atoms with Gasteiger partial charge in [-0.05, 0) is 19.6 Å². The van der Waals surface area contributed by atoms with Crippen LogP contribution in [0.5, 0.6) is 0 Å². The van der Waals surface area contributed by atoms with Gasteiger partial charge in [0.1, 0.15) is 0 Å². The van der Waals surface area contributed by atoms with Gasteiger partial charge in [0.05, 0.1) is 0 Å². The molecule has 0 radical (unpaired) electrons. The number of nitrogens with one attached hydrogen (secondary N) is 1. The molecule has 0 rings (SSSR count). The zero-order chi connectivity index (χ0) is 5.70. The predicted molar refractivity (Wildman–Crippen MR) is 37.6 cm³/mol. The Morgan fingerprint density at radius 1 is 1.43 bits per heavy atom. The Morgan fingerprint density at radius 3 is 2.14 bits per heavy atom. The lowest BCUT2D eigenvalue weighted by atomic mass is 10.8. The van der Waals surface area contributed by atoms with E-state index in [1.807, 2.05) is 7.05 Å². The lowest BCUT2D eigenvalue weighted by molar-refractivity contribution is 0.855. The molecule has 0 aromatic carbocycles. The first-order chi connectivity index (χ1) is 3.27. The highest BCUT2D eigenvalue weighted by Crippen LogP contribution is 1.85. The van der Waals surface area contributed by atoms with Crippen molar-refractivity contribution in [3.8, 4) is 0 Å². The summed E-state index contributed by atoms with van der Waals surface area (Å²) in [7, 11) is 1.76. The van der Waals surface area contributed by atoms with Gasteiger partial charge in [-0.15, -0.1) is 0 Å². The number of rotatable bonds is 3. The van der Waals surface area contributed by atoms with Gasteiger partial charge < -0.3 is 5.32 Å². The van der Waals surface area contributed by atoms with Crippen LogP contribution in [0.4, 0.5) is 0 Å². The van der Waals surface area contributed by atoms with Gasteiger partial charge in [0.15, 0.2) is 0 Å². The van der Waals surface area contributed by atoms with E-state index in [0.717, 1.165) is 0 Å². The van der Waals surface area contributed by atoms with Crippen LogP contribution in [-0.4, -0.2) is 22.4 Å². The molecule has 0 saturated carbocycles. The molecule has 1 nitrogen and oxygen atoms in total. The van der Waals surface area contributed by atoms with Crippen LogP contribution >= 0.6 is 0 Å². The van der Waals surface area contributed by atoms with Crippen molar-refractivity contribution in [2.24, 2.45) is 0 Å². The maximum absolute atomic E-state index is 3.13. The summed E-state index contributed by atoms with van der Waals surface area (Å²) in [5.41, 5.74) is 0. The molecule has 0 bridgehead atoms. The van der Waals surface area contributed by atoms with Crippen molar-refractivity contribution in [2.75, 3.05) is 13.6 Å². The molecule has 0 spiro atoms. The Balaban J connectivity index is 2.68. The van der Waals surface area contributed by atoms with E-state index in [-0.39, 0.29) is 8.80 Å². The van der Waals surface area contributed by atoms with Gasteiger partial charge in [0, 0.05) is 8.80 Å². The molecule has 0 unspecified atom stereocenters. The van der Waals surface area contributed by atoms with Gasteiger partial charge in [-0.2, -0.15) is 0 Å². The topological polar surface area (TPSA) is 12.0 Å². The molecule has 0 aromatic rings. The van der Waals surface area contributed by atoms with E-state index in [1.165, 1.54) is 12.6 Å². The summed E-state index contributed by atoms with van der Waals surface area (Å²) in [5.74, 6) is 0. The highest BCUT2D eigenvalue weighted by molar-refractivity contribution is 6.55. The molecule has 7 heavy (non-hydrogen) atoms. The van der Waals surface area contributed by atoms with Crippen LogP contribution in [-0.2, 0) is 0 Å². The molecular weight excluding hydrogens is 102 g/mol. The number of hydrogen-bond acceptors (Lipinski definition) is 1. The molecule has 0 amide bonds. The van der Waals surface area contributed by atoms with E-state index < -0.39 is 0 Å². The van der Waals surface area contributed by atoms with E-state index in [4.69, 9.17) is 0 Å². The highest BCUT2D eigenvalue weighted by atomic mass is 28.3. The van der Waals surface area contributed by atoms with Gasteiger partial charge in [-0.25, -0.2) is 0 Å². The fourth-order valence-electron chi connectivity index (χ4n) is 0.433. The summed E-state index contributed by atoms with van der Waals surface area (Å²) < 4.78 is 0. The normalized spacial score (nSPS) is 10.3. The minimum Gasteiger partial charge on any atom is -0.320 e. The van der Waals surface area contributed by atoms with Crippen molar-refractivity contribution >= 4 is 8.80 Å². The first-order valence-corrected chi connectivity index (χ1v) is 6.04. The fraction of sp³-hybridized carbons (Fsp3) is 1.00. The first kappa shape index (κ1) is 7.18. The maximum Gasteiger partial charge on any atom is 0.0318 e. The van der Waals surface area contributed by atoms with Crippen LogP contribution in [0.1, 0.15) is 0 Å². The third-order valence-electron chi connectivity index (χ3n) is 0.972. The summed E-state index contributed by atoms with van der Waals surface area (Å²) in [6, 6.07) is 1.43. The Bertz CT molecular complexity index is 37.1. The summed E-state index contributed by atoms with van der Waals surface area (Å²) in [6.07, 6.45) is 0. The second kappa shape index (κ2) is 4.34. The van der Waals surface area contributed by atoms with Crippen molar-refractivity contribution in [3.63, 3.8) is 0 Å². The quantitative estimate of drug-likeness (QED) is 0.536. The maximum atomic E-state index is 3.13. The molecule has 2 heteroatoms. The van der Waals surface area contributed by atoms with Crippen molar-refractivity contribution in [1.29, 1.82) is 0 Å². The molecule has 0 aliphatic heterocycles. The summed E-state index contributed by atoms with van der Waals surface area (Å²) in [5, 5.41) is 3.13. The zero-order valence-electron chi connectivity index (χ0n) is 5.49. The SMILES string of the molecule is CNCC[SiH](C)C. The summed E-state index contributed by atoms with van der Waals surface area (Å²) in [6.45, 7) is 5.96. The lowest BCUT2D eigenvalue weighted by Gasteiger charge is -1.98. The molecule has 0 saturated heterocycles. The van der Waals surface area contributed by atoms with E-state index in [0.29, 0.717) is 0 Å². The van der Waals surface area contributed by atoms with Crippen molar-refractivity contribution in [3.05, 3.63) is 0 Å². The highest BCUT2D eigenvalue weighted by Gasteiger charge is 1.90. The van der Waals surface area contributed by atoms with Crippen molar-refractivity contribution < 1.29 is 0 Å². The zero-order valence-corrected chi connectivity index (χ0v) is 6.65. The van der Waals surface area contributed by atoms with Gasteiger partial charge in [0.25, 0.3) is 0 Å². The monoisotopic (exact) mass is 117 g/mol. The fourth-order valence-corrected chi connectivity index (χ4v) is 1.30. The molecule has 0 aliphatic rings. The largest absolute Gasteiger partial charge is 0.320 e. The van der Waals surface area contributed by atoms with Gasteiger partial charge in [0.2, 0.25) is 0 Å². The predicted octanol–water partition coefficient (Wildman–Crippen LogP) is 0.692. The van der Waals surface area contributed by atoms with E-state index in [1.54, 1.807) is 0 Å². The first-order valence-electron chi connectivity index (χ1n) is 2.92. The molecule has 0 atom stereocenters. The summed E-state index contributed by atoms with van der Waals surface area (Å²) >= 11 is 0. The average molecular weight is 117 g/mol. The average Bonchev–Trinajstić information content (AvgIpc) is 1.61. The van der Waals surface area contributed by atoms with E-state index in [9.17, 15) is 0 Å². The molecule has 0 aliphatic carbocycles. The smallest absolute Gasteiger partial charge is 0.0318 e. The van der Waals surface area contributed by atoms with Crippen LogP contribution in [0.25, 0.3) is 0 Å². The minimum absolute atomic E-state index is 0.251. The molecule has 44 valence electrons. The molecule has 0 aromatic heterocycles. The van der Waals surface area contributed by atoms with Crippen LogP contribution in [0.2, 0.25) is 19.1 Å². The summed E-state index contributed by atoms with van der Waals surface area (Å²) in [4.78, 5) is 0. The van der Waals surface area contributed by atoms with Crippen molar-refractivity contribution in [1.82, 2.24) is 5.32 Å². The second-order valence-corrected chi connectivity index (χ2v) is 5.65. The molecule has 0 fully saturated rings. The molecular formula is C5H15NSi.